The van der Waals surface area contributed by atoms with Gasteiger partial charge in [-0.3, -0.25) is 4.90 Å². The van der Waals surface area contributed by atoms with Crippen LogP contribution in [-0.2, 0) is 16.1 Å². The number of carboxylic acid groups (broad SMARTS) is 1. The molecule has 0 saturated carbocycles. The molecule has 1 aliphatic heterocycles. The van der Waals surface area contributed by atoms with E-state index in [-0.39, 0.29) is 5.82 Å². The lowest BCUT2D eigenvalue weighted by atomic mass is 10.0. The molecule has 1 heterocycles. The van der Waals surface area contributed by atoms with E-state index in [0.717, 1.165) is 24.6 Å². The van der Waals surface area contributed by atoms with Crippen LogP contribution in [0.15, 0.2) is 24.3 Å². The lowest BCUT2D eigenvalue weighted by Gasteiger charge is -2.35. The van der Waals surface area contributed by atoms with E-state index in [1.165, 1.54) is 18.2 Å². The van der Waals surface area contributed by atoms with Gasteiger partial charge in [-0.2, -0.15) is 0 Å². The van der Waals surface area contributed by atoms with Crippen LogP contribution in [0.2, 0.25) is 0 Å². The maximum Gasteiger partial charge on any atom is 0.328 e. The number of carbonyl (C=O) groups is 1. The predicted octanol–water partition coefficient (Wildman–Crippen LogP) is 2.53. The average molecular weight is 293 g/mol. The van der Waals surface area contributed by atoms with Crippen LogP contribution in [0.3, 0.4) is 0 Å². The molecule has 2 rings (SSSR count). The van der Waals surface area contributed by atoms with Crippen LogP contribution in [0, 0.1) is 5.82 Å². The second-order valence-corrected chi connectivity index (χ2v) is 5.12. The summed E-state index contributed by atoms with van der Waals surface area (Å²) in [6.45, 7) is 5.01. The minimum Gasteiger partial charge on any atom is -0.478 e. The Morgan fingerprint density at radius 2 is 2.38 bits per heavy atom. The molecule has 1 aromatic rings. The Morgan fingerprint density at radius 3 is 3.10 bits per heavy atom. The maximum absolute atomic E-state index is 13.4. The van der Waals surface area contributed by atoms with Gasteiger partial charge in [-0.15, -0.1) is 0 Å². The summed E-state index contributed by atoms with van der Waals surface area (Å²) in [4.78, 5) is 13.0. The van der Waals surface area contributed by atoms with Crippen molar-refractivity contribution in [2.75, 3.05) is 19.8 Å². The Labute approximate surface area is 123 Å². The van der Waals surface area contributed by atoms with Crippen molar-refractivity contribution < 1.29 is 19.0 Å². The molecule has 0 spiro atoms. The number of ether oxygens (including phenoxy) is 1. The van der Waals surface area contributed by atoms with Gasteiger partial charge in [0.1, 0.15) is 5.82 Å². The van der Waals surface area contributed by atoms with E-state index in [1.807, 2.05) is 0 Å². The highest BCUT2D eigenvalue weighted by Crippen LogP contribution is 2.19. The molecule has 0 aromatic heterocycles. The van der Waals surface area contributed by atoms with Crippen LogP contribution in [0.5, 0.6) is 0 Å². The van der Waals surface area contributed by atoms with E-state index in [9.17, 15) is 9.18 Å². The standard InChI is InChI=1S/C16H20FNO3/c1-2-15-11-21-8-7-18(15)10-13-3-5-14(17)9-12(13)4-6-16(19)20/h3-6,9,15H,2,7-8,10-11H2,1H3,(H,19,20). The van der Waals surface area contributed by atoms with Gasteiger partial charge in [0.05, 0.1) is 13.2 Å². The molecule has 21 heavy (non-hydrogen) atoms. The summed E-state index contributed by atoms with van der Waals surface area (Å²) < 4.78 is 18.9. The Hall–Kier alpha value is -1.72. The Balaban J connectivity index is 2.20. The highest BCUT2D eigenvalue weighted by molar-refractivity contribution is 5.85. The molecule has 0 radical (unpaired) electrons. The van der Waals surface area contributed by atoms with Gasteiger partial charge in [-0.05, 0) is 35.8 Å². The minimum absolute atomic E-state index is 0.347. The van der Waals surface area contributed by atoms with E-state index < -0.39 is 5.97 Å². The number of aliphatic carboxylic acids is 1. The first-order valence-electron chi connectivity index (χ1n) is 7.11. The van der Waals surface area contributed by atoms with Gasteiger partial charge in [0.25, 0.3) is 0 Å². The molecule has 1 aromatic carbocycles. The average Bonchev–Trinajstić information content (AvgIpc) is 2.48. The predicted molar refractivity (Wildman–Crippen MR) is 78.4 cm³/mol. The van der Waals surface area contributed by atoms with Crippen molar-refractivity contribution in [2.45, 2.75) is 25.9 Å². The van der Waals surface area contributed by atoms with Crippen molar-refractivity contribution in [3.63, 3.8) is 0 Å². The third kappa shape index (κ3) is 4.37. The molecule has 1 fully saturated rings. The molecule has 1 unspecified atom stereocenters. The van der Waals surface area contributed by atoms with Gasteiger partial charge in [-0.1, -0.05) is 13.0 Å². The van der Waals surface area contributed by atoms with Gasteiger partial charge in [0, 0.05) is 25.2 Å². The molecule has 114 valence electrons. The lowest BCUT2D eigenvalue weighted by Crippen LogP contribution is -2.44. The Morgan fingerprint density at radius 1 is 1.57 bits per heavy atom. The van der Waals surface area contributed by atoms with Crippen LogP contribution in [0.25, 0.3) is 6.08 Å². The second kappa shape index (κ2) is 7.33. The summed E-state index contributed by atoms with van der Waals surface area (Å²) in [5.74, 6) is -1.40. The number of nitrogens with zero attached hydrogens (tertiary/aromatic N) is 1. The summed E-state index contributed by atoms with van der Waals surface area (Å²) in [6.07, 6.45) is 3.47. The van der Waals surface area contributed by atoms with E-state index in [2.05, 4.69) is 11.8 Å². The zero-order chi connectivity index (χ0) is 15.2. The fraction of sp³-hybridized carbons (Fsp3) is 0.438. The molecule has 0 bridgehead atoms. The molecule has 1 saturated heterocycles. The fourth-order valence-corrected chi connectivity index (χ4v) is 2.52. The van der Waals surface area contributed by atoms with Crippen molar-refractivity contribution >= 4 is 12.0 Å². The molecular weight excluding hydrogens is 273 g/mol. The normalized spacial score (nSPS) is 20.0. The summed E-state index contributed by atoms with van der Waals surface area (Å²) in [5.41, 5.74) is 1.54. The SMILES string of the molecule is CCC1COCCN1Cc1ccc(F)cc1C=CC(=O)O. The van der Waals surface area contributed by atoms with Crippen LogP contribution < -0.4 is 0 Å². The monoisotopic (exact) mass is 293 g/mol. The summed E-state index contributed by atoms with van der Waals surface area (Å²) in [5, 5.41) is 8.73. The van der Waals surface area contributed by atoms with Crippen molar-refractivity contribution in [1.82, 2.24) is 4.90 Å². The second-order valence-electron chi connectivity index (χ2n) is 5.12. The molecule has 5 heteroatoms. The van der Waals surface area contributed by atoms with Gasteiger partial charge < -0.3 is 9.84 Å². The Bertz CT molecular complexity index is 530. The number of rotatable bonds is 5. The zero-order valence-corrected chi connectivity index (χ0v) is 12.1. The van der Waals surface area contributed by atoms with Crippen molar-refractivity contribution in [2.24, 2.45) is 0 Å². The van der Waals surface area contributed by atoms with E-state index in [4.69, 9.17) is 9.84 Å². The number of benzene rings is 1. The van der Waals surface area contributed by atoms with E-state index >= 15 is 0 Å². The third-order valence-electron chi connectivity index (χ3n) is 3.71. The zero-order valence-electron chi connectivity index (χ0n) is 12.1. The van der Waals surface area contributed by atoms with Crippen LogP contribution in [0.4, 0.5) is 4.39 Å². The van der Waals surface area contributed by atoms with Gasteiger partial charge >= 0.3 is 5.97 Å². The van der Waals surface area contributed by atoms with Crippen LogP contribution in [-0.4, -0.2) is 41.8 Å². The minimum atomic E-state index is -1.04. The highest BCUT2D eigenvalue weighted by atomic mass is 19.1. The van der Waals surface area contributed by atoms with E-state index in [1.54, 1.807) is 6.07 Å². The number of hydrogen-bond donors (Lipinski definition) is 1. The molecule has 1 N–H and O–H groups in total. The van der Waals surface area contributed by atoms with Crippen LogP contribution >= 0.6 is 0 Å². The number of hydrogen-bond acceptors (Lipinski definition) is 3. The molecule has 4 nitrogen and oxygen atoms in total. The molecule has 1 aliphatic rings. The van der Waals surface area contributed by atoms with Crippen molar-refractivity contribution in [3.8, 4) is 0 Å². The first-order chi connectivity index (χ1) is 10.1. The largest absolute Gasteiger partial charge is 0.478 e. The summed E-state index contributed by atoms with van der Waals surface area (Å²) in [6, 6.07) is 4.85. The summed E-state index contributed by atoms with van der Waals surface area (Å²) in [7, 11) is 0. The topological polar surface area (TPSA) is 49.8 Å². The number of halogens is 1. The van der Waals surface area contributed by atoms with Crippen molar-refractivity contribution in [3.05, 3.63) is 41.2 Å². The van der Waals surface area contributed by atoms with Gasteiger partial charge in [-0.25, -0.2) is 9.18 Å². The van der Waals surface area contributed by atoms with Gasteiger partial charge in [0.2, 0.25) is 0 Å². The van der Waals surface area contributed by atoms with Crippen LogP contribution in [0.1, 0.15) is 24.5 Å². The fourth-order valence-electron chi connectivity index (χ4n) is 2.52. The van der Waals surface area contributed by atoms with E-state index in [0.29, 0.717) is 31.4 Å². The molecule has 0 amide bonds. The molecule has 1 atom stereocenters. The molecular formula is C16H20FNO3. The maximum atomic E-state index is 13.4. The number of carboxylic acids is 1. The first kappa shape index (κ1) is 15.7. The van der Waals surface area contributed by atoms with Crippen molar-refractivity contribution in [1.29, 1.82) is 0 Å². The quantitative estimate of drug-likeness (QED) is 0.848. The highest BCUT2D eigenvalue weighted by Gasteiger charge is 2.22. The first-order valence-corrected chi connectivity index (χ1v) is 7.11. The number of morpholine rings is 1. The van der Waals surface area contributed by atoms with Gasteiger partial charge in [0.15, 0.2) is 0 Å². The smallest absolute Gasteiger partial charge is 0.328 e. The lowest BCUT2D eigenvalue weighted by molar-refractivity contribution is -0.131. The molecule has 0 aliphatic carbocycles. The third-order valence-corrected chi connectivity index (χ3v) is 3.71. The summed E-state index contributed by atoms with van der Waals surface area (Å²) >= 11 is 0. The Kier molecular flexibility index (Phi) is 5.47.